The molecule has 0 amide bonds. The Morgan fingerprint density at radius 2 is 1.14 bits per heavy atom. The zero-order chi connectivity index (χ0) is 44.4. The molecule has 4 aromatic rings. The van der Waals surface area contributed by atoms with Crippen LogP contribution in [-0.2, 0) is 76.7 Å². The Bertz CT molecular complexity index is 1890. The van der Waals surface area contributed by atoms with Gasteiger partial charge in [0.25, 0.3) is 0 Å². The number of carbonyl (C=O) groups excluding carboxylic acids is 1. The van der Waals surface area contributed by atoms with E-state index in [1.165, 1.54) is 7.11 Å². The Hall–Kier alpha value is -4.09. The van der Waals surface area contributed by atoms with Crippen LogP contribution in [0.4, 0.5) is 0 Å². The molecule has 0 radical (unpaired) electrons. The summed E-state index contributed by atoms with van der Waals surface area (Å²) >= 11 is 0. The van der Waals surface area contributed by atoms with Crippen LogP contribution in [-0.4, -0.2) is 107 Å². The van der Waals surface area contributed by atoms with Crippen molar-refractivity contribution in [3.05, 3.63) is 144 Å². The van der Waals surface area contributed by atoms with E-state index in [0.29, 0.717) is 19.6 Å². The fourth-order valence-corrected chi connectivity index (χ4v) is 8.31. The topological polar surface area (TPSA) is 139 Å². The van der Waals surface area contributed by atoms with Gasteiger partial charge in [0.2, 0.25) is 0 Å². The Morgan fingerprint density at radius 3 is 1.73 bits per heavy atom. The van der Waals surface area contributed by atoms with E-state index in [2.05, 4.69) is 0 Å². The molecule has 3 heterocycles. The number of methoxy groups -OCH3 is 2. The van der Waals surface area contributed by atoms with E-state index in [9.17, 15) is 9.90 Å². The van der Waals surface area contributed by atoms with Gasteiger partial charge in [0.05, 0.1) is 40.1 Å². The number of benzene rings is 4. The van der Waals surface area contributed by atoms with Gasteiger partial charge >= 0.3 is 5.97 Å². The summed E-state index contributed by atoms with van der Waals surface area (Å²) in [6.45, 7) is 1.46. The van der Waals surface area contributed by atoms with Gasteiger partial charge in [-0.1, -0.05) is 147 Å². The molecule has 1 N–H and O–H groups in total. The largest absolute Gasteiger partial charge is 0.469 e. The molecule has 346 valence electrons. The van der Waals surface area contributed by atoms with Gasteiger partial charge in [-0.25, -0.2) is 0 Å². The van der Waals surface area contributed by atoms with Gasteiger partial charge in [-0.2, -0.15) is 0 Å². The predicted molar refractivity (Wildman–Crippen MR) is 235 cm³/mol. The molecule has 64 heavy (non-hydrogen) atoms. The first-order valence-corrected chi connectivity index (χ1v) is 22.6. The second-order valence-corrected chi connectivity index (χ2v) is 16.4. The van der Waals surface area contributed by atoms with Crippen LogP contribution in [0.2, 0.25) is 0 Å². The van der Waals surface area contributed by atoms with Gasteiger partial charge in [-0.15, -0.1) is 0 Å². The lowest BCUT2D eigenvalue weighted by Gasteiger charge is -2.50. The number of ether oxygens (including phenoxy) is 11. The van der Waals surface area contributed by atoms with Crippen LogP contribution >= 0.6 is 0 Å². The third-order valence-corrected chi connectivity index (χ3v) is 11.7. The highest BCUT2D eigenvalue weighted by Crippen LogP contribution is 2.38. The van der Waals surface area contributed by atoms with E-state index in [1.807, 2.05) is 121 Å². The number of unbranched alkanes of at least 4 members (excludes halogenated alkanes) is 5. The van der Waals surface area contributed by atoms with Crippen molar-refractivity contribution in [1.29, 1.82) is 0 Å². The van der Waals surface area contributed by atoms with Crippen LogP contribution in [0.3, 0.4) is 0 Å². The minimum absolute atomic E-state index is 0.159. The number of rotatable bonds is 24. The van der Waals surface area contributed by atoms with Crippen LogP contribution in [0.25, 0.3) is 0 Å². The number of esters is 1. The zero-order valence-corrected chi connectivity index (χ0v) is 36.9. The van der Waals surface area contributed by atoms with Gasteiger partial charge in [-0.3, -0.25) is 4.79 Å². The van der Waals surface area contributed by atoms with Crippen molar-refractivity contribution in [3.63, 3.8) is 0 Å². The number of aliphatic hydroxyl groups excluding tert-OH is 1. The minimum Gasteiger partial charge on any atom is -0.469 e. The number of hydrogen-bond acceptors (Lipinski definition) is 13. The van der Waals surface area contributed by atoms with E-state index >= 15 is 0 Å². The first kappa shape index (κ1) is 47.9. The van der Waals surface area contributed by atoms with Gasteiger partial charge in [0.15, 0.2) is 18.9 Å². The SMILES string of the molecule is COC[C@H]1O[C@H](O[C@H]2[C@@H](OCCCCCCCCC(=O)OC)O[C@@H]3COC(c4ccccc4)O[C@H]3[C@@H]2O)[C@H](OCc2ccccc2)[C@@H](OCc2ccccc2)[C@@H]1OCc1ccccc1. The highest BCUT2D eigenvalue weighted by Gasteiger charge is 2.55. The lowest BCUT2D eigenvalue weighted by molar-refractivity contribution is -0.398. The highest BCUT2D eigenvalue weighted by molar-refractivity contribution is 5.68. The maximum absolute atomic E-state index is 12.4. The first-order chi connectivity index (χ1) is 31.5. The Kier molecular flexibility index (Phi) is 19.1. The Balaban J connectivity index is 1.14. The van der Waals surface area contributed by atoms with E-state index < -0.39 is 67.7 Å². The summed E-state index contributed by atoms with van der Waals surface area (Å²) in [5.41, 5.74) is 3.72. The summed E-state index contributed by atoms with van der Waals surface area (Å²) in [7, 11) is 3.03. The second-order valence-electron chi connectivity index (χ2n) is 16.4. The molecule has 3 aliphatic heterocycles. The van der Waals surface area contributed by atoms with Crippen LogP contribution in [0.1, 0.15) is 73.5 Å². The summed E-state index contributed by atoms with van der Waals surface area (Å²) in [6, 6.07) is 39.3. The molecule has 11 atom stereocenters. The molecule has 3 aliphatic rings. The molecule has 4 aromatic carbocycles. The van der Waals surface area contributed by atoms with E-state index in [0.717, 1.165) is 60.8 Å². The monoisotopic (exact) mass is 884 g/mol. The van der Waals surface area contributed by atoms with Crippen LogP contribution in [0.15, 0.2) is 121 Å². The highest BCUT2D eigenvalue weighted by atomic mass is 16.8. The molecule has 1 unspecified atom stereocenters. The zero-order valence-electron chi connectivity index (χ0n) is 36.9. The third-order valence-electron chi connectivity index (χ3n) is 11.7. The van der Waals surface area contributed by atoms with Gasteiger partial charge in [-0.05, 0) is 29.5 Å². The molecule has 0 saturated carbocycles. The summed E-state index contributed by atoms with van der Waals surface area (Å²) in [5, 5.41) is 12.4. The fraction of sp³-hybridized carbons (Fsp3) is 0.510. The number of fused-ring (bicyclic) bond motifs is 1. The Labute approximate surface area is 377 Å². The molecule has 7 rings (SSSR count). The van der Waals surface area contributed by atoms with Gasteiger partial charge < -0.3 is 57.2 Å². The number of carbonyl (C=O) groups is 1. The summed E-state index contributed by atoms with van der Waals surface area (Å²) in [5.74, 6) is -0.181. The second kappa shape index (κ2) is 25.6. The third kappa shape index (κ3) is 13.7. The van der Waals surface area contributed by atoms with Crippen molar-refractivity contribution in [1.82, 2.24) is 0 Å². The number of aliphatic hydroxyl groups is 1. The molecule has 0 spiro atoms. The molecule has 13 heteroatoms. The lowest BCUT2D eigenvalue weighted by Crippen LogP contribution is -2.66. The normalized spacial score (nSPS) is 28.0. The molecule has 3 fully saturated rings. The molecule has 0 aromatic heterocycles. The van der Waals surface area contributed by atoms with Crippen molar-refractivity contribution in [3.8, 4) is 0 Å². The molecular weight excluding hydrogens is 821 g/mol. The minimum atomic E-state index is -1.22. The van der Waals surface area contributed by atoms with Crippen molar-refractivity contribution >= 4 is 5.97 Å². The first-order valence-electron chi connectivity index (χ1n) is 22.6. The summed E-state index contributed by atoms with van der Waals surface area (Å²) < 4.78 is 70.4. The van der Waals surface area contributed by atoms with E-state index in [1.54, 1.807) is 7.11 Å². The number of hydrogen-bond donors (Lipinski definition) is 1. The molecule has 3 saturated heterocycles. The van der Waals surface area contributed by atoms with Crippen molar-refractivity contribution < 1.29 is 62.0 Å². The average Bonchev–Trinajstić information content (AvgIpc) is 3.34. The Morgan fingerprint density at radius 1 is 0.594 bits per heavy atom. The maximum atomic E-state index is 12.4. The van der Waals surface area contributed by atoms with Crippen molar-refractivity contribution in [2.75, 3.05) is 34.0 Å². The van der Waals surface area contributed by atoms with Crippen LogP contribution < -0.4 is 0 Å². The lowest BCUT2D eigenvalue weighted by atomic mass is 9.96. The van der Waals surface area contributed by atoms with Crippen molar-refractivity contribution in [2.45, 2.75) is 132 Å². The fourth-order valence-electron chi connectivity index (χ4n) is 8.31. The van der Waals surface area contributed by atoms with Crippen molar-refractivity contribution in [2.24, 2.45) is 0 Å². The average molecular weight is 885 g/mol. The quantitative estimate of drug-likeness (QED) is 0.0546. The van der Waals surface area contributed by atoms with Gasteiger partial charge in [0.1, 0.15) is 48.8 Å². The molecular formula is C51H64O13. The van der Waals surface area contributed by atoms with Crippen LogP contribution in [0, 0.1) is 0 Å². The van der Waals surface area contributed by atoms with Crippen LogP contribution in [0.5, 0.6) is 0 Å². The molecule has 0 aliphatic carbocycles. The summed E-state index contributed by atoms with van der Waals surface area (Å²) in [6.07, 6.45) is -3.66. The maximum Gasteiger partial charge on any atom is 0.305 e. The summed E-state index contributed by atoms with van der Waals surface area (Å²) in [4.78, 5) is 11.5. The smallest absolute Gasteiger partial charge is 0.305 e. The predicted octanol–water partition coefficient (Wildman–Crippen LogP) is 7.62. The molecule has 13 nitrogen and oxygen atoms in total. The van der Waals surface area contributed by atoms with Gasteiger partial charge in [0, 0.05) is 25.7 Å². The van der Waals surface area contributed by atoms with E-state index in [4.69, 9.17) is 52.1 Å². The van der Waals surface area contributed by atoms with E-state index in [-0.39, 0.29) is 32.4 Å². The molecule has 0 bridgehead atoms. The standard InChI is InChI=1S/C51H64O13/c1-54-34-40-45(57-31-36-21-11-7-12-22-36)47(58-32-37-23-13-8-14-24-37)48(59-33-38-25-15-9-16-26-38)51(62-40)64-46-43(53)44-41(35-60-49(63-44)39-27-17-10-18-28-39)61-50(46)56-30-20-6-4-3-5-19-29-42(52)55-2/h7-18,21-28,40-41,43-51,53H,3-6,19-20,29-35H2,1-2H3/t40-,41-,43+,44-,45-,46-,47+,48-,49?,50+,51-/m1/s1.